The highest BCUT2D eigenvalue weighted by Crippen LogP contribution is 2.00. The van der Waals surface area contributed by atoms with Gasteiger partial charge in [0, 0.05) is 6.04 Å². The molecular formula is C10H24N2O2S. The van der Waals surface area contributed by atoms with Gasteiger partial charge in [0.15, 0.2) is 0 Å². The van der Waals surface area contributed by atoms with Crippen LogP contribution in [0, 0.1) is 0 Å². The van der Waals surface area contributed by atoms with Gasteiger partial charge in [0.25, 0.3) is 0 Å². The number of sulfonamides is 1. The Labute approximate surface area is 94.1 Å². The monoisotopic (exact) mass is 236 g/mol. The van der Waals surface area contributed by atoms with Gasteiger partial charge >= 0.3 is 0 Å². The molecular weight excluding hydrogens is 212 g/mol. The Hall–Kier alpha value is -0.130. The van der Waals surface area contributed by atoms with Crippen LogP contribution in [0.2, 0.25) is 0 Å². The molecule has 0 aliphatic carbocycles. The third-order valence-electron chi connectivity index (χ3n) is 2.42. The average Bonchev–Trinajstić information content (AvgIpc) is 2.09. The van der Waals surface area contributed by atoms with Gasteiger partial charge in [-0.25, -0.2) is 13.1 Å². The summed E-state index contributed by atoms with van der Waals surface area (Å²) < 4.78 is 24.4. The van der Waals surface area contributed by atoms with Crippen molar-refractivity contribution in [3.63, 3.8) is 0 Å². The molecule has 0 amide bonds. The topological polar surface area (TPSA) is 49.4 Å². The molecule has 0 heterocycles. The lowest BCUT2D eigenvalue weighted by molar-refractivity contribution is 0.293. The Morgan fingerprint density at radius 2 is 1.80 bits per heavy atom. The van der Waals surface area contributed by atoms with Crippen LogP contribution in [0.1, 0.15) is 33.6 Å². The fraction of sp³-hybridized carbons (Fsp3) is 1.00. The highest BCUT2D eigenvalue weighted by Gasteiger charge is 2.08. The van der Waals surface area contributed by atoms with E-state index in [9.17, 15) is 8.42 Å². The normalized spacial score (nSPS) is 14.5. The molecule has 15 heavy (non-hydrogen) atoms. The van der Waals surface area contributed by atoms with Gasteiger partial charge in [-0.1, -0.05) is 13.8 Å². The van der Waals surface area contributed by atoms with Crippen molar-refractivity contribution in [2.24, 2.45) is 0 Å². The Bertz CT molecular complexity index is 248. The lowest BCUT2D eigenvalue weighted by Gasteiger charge is -2.19. The molecule has 1 N–H and O–H groups in total. The lowest BCUT2D eigenvalue weighted by atomic mass is 10.2. The molecule has 0 aliphatic heterocycles. The first-order valence-corrected chi connectivity index (χ1v) is 7.47. The van der Waals surface area contributed by atoms with Gasteiger partial charge in [-0.3, -0.25) is 0 Å². The number of nitrogens with one attached hydrogen (secondary N) is 1. The van der Waals surface area contributed by atoms with Crippen molar-refractivity contribution in [3.05, 3.63) is 0 Å². The van der Waals surface area contributed by atoms with Crippen LogP contribution in [0.5, 0.6) is 0 Å². The van der Waals surface area contributed by atoms with Crippen molar-refractivity contribution >= 4 is 10.0 Å². The second kappa shape index (κ2) is 7.19. The van der Waals surface area contributed by atoms with E-state index in [-0.39, 0.29) is 6.04 Å². The summed E-state index contributed by atoms with van der Waals surface area (Å²) in [5.41, 5.74) is 0. The third-order valence-corrected chi connectivity index (χ3v) is 3.25. The minimum Gasteiger partial charge on any atom is -0.304 e. The molecule has 0 unspecified atom stereocenters. The van der Waals surface area contributed by atoms with Crippen molar-refractivity contribution < 1.29 is 8.42 Å². The van der Waals surface area contributed by atoms with E-state index in [4.69, 9.17) is 0 Å². The second-order valence-electron chi connectivity index (χ2n) is 3.96. The van der Waals surface area contributed by atoms with E-state index in [0.717, 1.165) is 32.5 Å². The molecule has 0 aromatic heterocycles. The van der Waals surface area contributed by atoms with Crippen molar-refractivity contribution in [1.29, 1.82) is 0 Å². The molecule has 0 radical (unpaired) electrons. The minimum absolute atomic E-state index is 0.0376. The smallest absolute Gasteiger partial charge is 0.208 e. The van der Waals surface area contributed by atoms with Gasteiger partial charge in [-0.05, 0) is 39.4 Å². The fourth-order valence-corrected chi connectivity index (χ4v) is 2.43. The van der Waals surface area contributed by atoms with Crippen LogP contribution in [0.3, 0.4) is 0 Å². The minimum atomic E-state index is -3.05. The first kappa shape index (κ1) is 14.9. The largest absolute Gasteiger partial charge is 0.304 e. The molecule has 0 aromatic carbocycles. The molecule has 0 aliphatic rings. The summed E-state index contributed by atoms with van der Waals surface area (Å²) in [6.45, 7) is 9.35. The zero-order chi connectivity index (χ0) is 11.9. The molecule has 1 atom stereocenters. The van der Waals surface area contributed by atoms with E-state index >= 15 is 0 Å². The zero-order valence-electron chi connectivity index (χ0n) is 10.3. The summed E-state index contributed by atoms with van der Waals surface area (Å²) in [5.74, 6) is 0. The van der Waals surface area contributed by atoms with E-state index < -0.39 is 10.0 Å². The van der Waals surface area contributed by atoms with Gasteiger partial charge in [0.05, 0.1) is 6.26 Å². The maximum Gasteiger partial charge on any atom is 0.208 e. The maximum atomic E-state index is 10.9. The number of rotatable bonds is 8. The van der Waals surface area contributed by atoms with Gasteiger partial charge in [0.2, 0.25) is 10.0 Å². The molecule has 4 nitrogen and oxygen atoms in total. The predicted molar refractivity (Wildman–Crippen MR) is 64.5 cm³/mol. The fourth-order valence-electron chi connectivity index (χ4n) is 1.59. The third kappa shape index (κ3) is 8.84. The van der Waals surface area contributed by atoms with Gasteiger partial charge in [-0.2, -0.15) is 0 Å². The summed E-state index contributed by atoms with van der Waals surface area (Å²) in [6, 6.07) is 0.0376. The Balaban J connectivity index is 3.68. The average molecular weight is 236 g/mol. The molecule has 0 fully saturated rings. The Kier molecular flexibility index (Phi) is 7.13. The van der Waals surface area contributed by atoms with Crippen molar-refractivity contribution in [1.82, 2.24) is 9.62 Å². The van der Waals surface area contributed by atoms with Crippen LogP contribution in [0.25, 0.3) is 0 Å². The Morgan fingerprint density at radius 3 is 2.20 bits per heavy atom. The molecule has 0 aromatic rings. The molecule has 92 valence electrons. The van der Waals surface area contributed by atoms with Crippen molar-refractivity contribution in [2.45, 2.75) is 39.7 Å². The molecule has 0 saturated heterocycles. The van der Waals surface area contributed by atoms with E-state index in [1.807, 2.05) is 6.92 Å². The van der Waals surface area contributed by atoms with E-state index in [2.05, 4.69) is 23.5 Å². The van der Waals surface area contributed by atoms with Gasteiger partial charge in [-0.15, -0.1) is 0 Å². The van der Waals surface area contributed by atoms with Crippen LogP contribution in [-0.2, 0) is 10.0 Å². The summed E-state index contributed by atoms with van der Waals surface area (Å²) >= 11 is 0. The molecule has 0 bridgehead atoms. The van der Waals surface area contributed by atoms with Gasteiger partial charge < -0.3 is 4.90 Å². The SMILES string of the molecule is CCN(CC)CCC[C@@H](C)NS(C)(=O)=O. The van der Waals surface area contributed by atoms with E-state index in [1.54, 1.807) is 0 Å². The maximum absolute atomic E-state index is 10.9. The summed E-state index contributed by atoms with van der Waals surface area (Å²) in [4.78, 5) is 2.34. The number of hydrogen-bond donors (Lipinski definition) is 1. The standard InChI is InChI=1S/C10H24N2O2S/c1-5-12(6-2)9-7-8-10(3)11-15(4,13)14/h10-11H,5-9H2,1-4H3/t10-/m1/s1. The zero-order valence-corrected chi connectivity index (χ0v) is 11.1. The number of nitrogens with zero attached hydrogens (tertiary/aromatic N) is 1. The second-order valence-corrected chi connectivity index (χ2v) is 5.74. The summed E-state index contributed by atoms with van der Waals surface area (Å²) in [5, 5.41) is 0. The van der Waals surface area contributed by atoms with Crippen molar-refractivity contribution in [2.75, 3.05) is 25.9 Å². The summed E-state index contributed by atoms with van der Waals surface area (Å²) in [7, 11) is -3.05. The van der Waals surface area contributed by atoms with Crippen LogP contribution in [-0.4, -0.2) is 45.2 Å². The highest BCUT2D eigenvalue weighted by atomic mass is 32.2. The van der Waals surface area contributed by atoms with E-state index in [0.29, 0.717) is 0 Å². The van der Waals surface area contributed by atoms with E-state index in [1.165, 1.54) is 6.26 Å². The first-order chi connectivity index (χ1) is 6.89. The number of hydrogen-bond acceptors (Lipinski definition) is 3. The first-order valence-electron chi connectivity index (χ1n) is 5.58. The van der Waals surface area contributed by atoms with Crippen LogP contribution in [0.4, 0.5) is 0 Å². The molecule has 0 spiro atoms. The highest BCUT2D eigenvalue weighted by molar-refractivity contribution is 7.88. The van der Waals surface area contributed by atoms with Crippen molar-refractivity contribution in [3.8, 4) is 0 Å². The van der Waals surface area contributed by atoms with Crippen LogP contribution >= 0.6 is 0 Å². The predicted octanol–water partition coefficient (Wildman–Crippen LogP) is 1.05. The Morgan fingerprint density at radius 1 is 1.27 bits per heavy atom. The quantitative estimate of drug-likeness (QED) is 0.685. The summed E-state index contributed by atoms with van der Waals surface area (Å²) in [6.07, 6.45) is 3.13. The van der Waals surface area contributed by atoms with Gasteiger partial charge in [0.1, 0.15) is 0 Å². The molecule has 5 heteroatoms. The van der Waals surface area contributed by atoms with Crippen LogP contribution in [0.15, 0.2) is 0 Å². The molecule has 0 rings (SSSR count). The van der Waals surface area contributed by atoms with Crippen LogP contribution < -0.4 is 4.72 Å². The lowest BCUT2D eigenvalue weighted by Crippen LogP contribution is -2.32. The molecule has 0 saturated carbocycles.